The minimum atomic E-state index is -1.31. The third-order valence-electron chi connectivity index (χ3n) is 1.60. The fourth-order valence-electron chi connectivity index (χ4n) is 0.937. The second-order valence-corrected chi connectivity index (χ2v) is 5.45. The Bertz CT molecular complexity index is 518. The number of hydrogen-bond donors (Lipinski definition) is 0. The Morgan fingerprint density at radius 3 is 2.47 bits per heavy atom. The molecule has 1 heterocycles. The summed E-state index contributed by atoms with van der Waals surface area (Å²) in [5, 5.41) is 18.2. The molecule has 0 aliphatic rings. The van der Waals surface area contributed by atoms with Gasteiger partial charge in [0.1, 0.15) is 5.97 Å². The molecule has 4 nitrogen and oxygen atoms in total. The molecular weight excluding hydrogens is 291 g/mol. The van der Waals surface area contributed by atoms with Crippen molar-refractivity contribution in [3.8, 4) is 0 Å². The van der Waals surface area contributed by atoms with Gasteiger partial charge >= 0.3 is 29.6 Å². The zero-order valence-corrected chi connectivity index (χ0v) is 13.1. The predicted molar refractivity (Wildman–Crippen MR) is 59.8 cm³/mol. The second kappa shape index (κ2) is 6.72. The molecular formula is C9H4ClN2NaO2S2. The Morgan fingerprint density at radius 2 is 1.94 bits per heavy atom. The number of aromatic carboxylic acids is 1. The van der Waals surface area contributed by atoms with Gasteiger partial charge in [0.25, 0.3) is 0 Å². The van der Waals surface area contributed by atoms with Gasteiger partial charge in [0, 0.05) is 9.92 Å². The van der Waals surface area contributed by atoms with Crippen molar-refractivity contribution in [3.63, 3.8) is 0 Å². The van der Waals surface area contributed by atoms with Crippen molar-refractivity contribution in [3.05, 3.63) is 34.3 Å². The van der Waals surface area contributed by atoms with Gasteiger partial charge in [-0.1, -0.05) is 34.7 Å². The predicted octanol–water partition coefficient (Wildman–Crippen LogP) is -1.29. The molecule has 0 atom stereocenters. The Kier molecular flexibility index (Phi) is 5.91. The van der Waals surface area contributed by atoms with Crippen LogP contribution in [-0.4, -0.2) is 16.2 Å². The zero-order valence-electron chi connectivity index (χ0n) is 8.71. The zero-order chi connectivity index (χ0) is 11.5. The van der Waals surface area contributed by atoms with Crippen molar-refractivity contribution >= 4 is 40.7 Å². The third-order valence-corrected chi connectivity index (χ3v) is 3.81. The summed E-state index contributed by atoms with van der Waals surface area (Å²) in [4.78, 5) is 11.4. The summed E-state index contributed by atoms with van der Waals surface area (Å²) in [6, 6.07) is 7.16. The summed E-state index contributed by atoms with van der Waals surface area (Å²) in [5.41, 5.74) is 0. The molecule has 0 bridgehead atoms. The molecule has 0 fully saturated rings. The average Bonchev–Trinajstić information content (AvgIpc) is 2.70. The normalized spacial score (nSPS) is 9.71. The van der Waals surface area contributed by atoms with Crippen LogP contribution in [0.15, 0.2) is 33.5 Å². The van der Waals surface area contributed by atoms with Crippen molar-refractivity contribution in [2.24, 2.45) is 0 Å². The van der Waals surface area contributed by atoms with Gasteiger partial charge in [-0.05, 0) is 24.3 Å². The molecule has 0 radical (unpaired) electrons. The van der Waals surface area contributed by atoms with Crippen LogP contribution in [0.4, 0.5) is 0 Å². The number of carboxylic acid groups (broad SMARTS) is 1. The van der Waals surface area contributed by atoms with E-state index >= 15 is 0 Å². The molecule has 0 aliphatic carbocycles. The molecule has 1 aromatic carbocycles. The molecule has 0 spiro atoms. The molecule has 0 N–H and O–H groups in total. The minimum Gasteiger partial charge on any atom is -0.542 e. The van der Waals surface area contributed by atoms with E-state index in [9.17, 15) is 9.90 Å². The van der Waals surface area contributed by atoms with Crippen molar-refractivity contribution < 1.29 is 39.5 Å². The number of rotatable bonds is 3. The Labute approximate surface area is 133 Å². The Hall–Kier alpha value is -0.110. The molecule has 8 heteroatoms. The van der Waals surface area contributed by atoms with Crippen LogP contribution in [0.25, 0.3) is 0 Å². The molecule has 82 valence electrons. The molecule has 0 amide bonds. The van der Waals surface area contributed by atoms with E-state index in [4.69, 9.17) is 11.6 Å². The smallest absolute Gasteiger partial charge is 0.542 e. The van der Waals surface area contributed by atoms with Gasteiger partial charge in [0.05, 0.1) is 0 Å². The monoisotopic (exact) mass is 294 g/mol. The molecule has 2 aromatic rings. The fourth-order valence-corrected chi connectivity index (χ4v) is 2.72. The number of nitrogens with zero attached hydrogens (tertiary/aromatic N) is 2. The SMILES string of the molecule is O=C([O-])c1nnc(Sc2ccc(Cl)cc2)s1.[Na+]. The average molecular weight is 295 g/mol. The maximum Gasteiger partial charge on any atom is 1.00 e. The van der Waals surface area contributed by atoms with Crippen molar-refractivity contribution in [2.45, 2.75) is 9.24 Å². The first-order valence-electron chi connectivity index (χ1n) is 4.13. The summed E-state index contributed by atoms with van der Waals surface area (Å²) in [6.45, 7) is 0. The van der Waals surface area contributed by atoms with Crippen LogP contribution < -0.4 is 34.7 Å². The summed E-state index contributed by atoms with van der Waals surface area (Å²) in [7, 11) is 0. The van der Waals surface area contributed by atoms with Crippen molar-refractivity contribution in [1.82, 2.24) is 10.2 Å². The van der Waals surface area contributed by atoms with Gasteiger partial charge in [-0.2, -0.15) is 0 Å². The quantitative estimate of drug-likeness (QED) is 0.659. The van der Waals surface area contributed by atoms with E-state index in [1.807, 2.05) is 12.1 Å². The number of halogens is 1. The Balaban J connectivity index is 0.00000144. The topological polar surface area (TPSA) is 65.9 Å². The summed E-state index contributed by atoms with van der Waals surface area (Å²) in [5.74, 6) is -1.31. The van der Waals surface area contributed by atoms with Gasteiger partial charge in [0.15, 0.2) is 9.35 Å². The molecule has 2 rings (SSSR count). The first kappa shape index (κ1) is 14.9. The van der Waals surface area contributed by atoms with E-state index in [2.05, 4.69) is 10.2 Å². The number of benzene rings is 1. The van der Waals surface area contributed by atoms with Gasteiger partial charge < -0.3 is 9.90 Å². The van der Waals surface area contributed by atoms with Gasteiger partial charge in [-0.15, -0.1) is 10.2 Å². The second-order valence-electron chi connectivity index (χ2n) is 2.72. The summed E-state index contributed by atoms with van der Waals surface area (Å²) in [6.07, 6.45) is 0. The number of aromatic nitrogens is 2. The van der Waals surface area contributed by atoms with E-state index in [-0.39, 0.29) is 34.6 Å². The molecule has 0 aliphatic heterocycles. The number of carbonyl (C=O) groups excluding carboxylic acids is 1. The molecule has 17 heavy (non-hydrogen) atoms. The van der Waals surface area contributed by atoms with E-state index in [0.29, 0.717) is 9.36 Å². The van der Waals surface area contributed by atoms with E-state index < -0.39 is 5.97 Å². The van der Waals surface area contributed by atoms with Crippen LogP contribution in [0.5, 0.6) is 0 Å². The van der Waals surface area contributed by atoms with Gasteiger partial charge in [0.2, 0.25) is 0 Å². The van der Waals surface area contributed by atoms with Crippen LogP contribution in [0.1, 0.15) is 9.80 Å². The fraction of sp³-hybridized carbons (Fsp3) is 0. The van der Waals surface area contributed by atoms with Crippen LogP contribution >= 0.6 is 34.7 Å². The Morgan fingerprint density at radius 1 is 1.29 bits per heavy atom. The molecule has 1 aromatic heterocycles. The molecule has 0 saturated carbocycles. The number of hydrogen-bond acceptors (Lipinski definition) is 6. The maximum atomic E-state index is 10.5. The van der Waals surface area contributed by atoms with Crippen LogP contribution in [0, 0.1) is 0 Å². The van der Waals surface area contributed by atoms with Crippen molar-refractivity contribution in [2.75, 3.05) is 0 Å². The minimum absolute atomic E-state index is 0. The maximum absolute atomic E-state index is 10.5. The van der Waals surface area contributed by atoms with E-state index in [1.54, 1.807) is 12.1 Å². The van der Waals surface area contributed by atoms with Crippen molar-refractivity contribution in [1.29, 1.82) is 0 Å². The standard InChI is InChI=1S/C9H5ClN2O2S2.Na/c10-5-1-3-6(4-2-5)15-9-12-11-7(16-9)8(13)14;/h1-4H,(H,13,14);/q;+1/p-1. The van der Waals surface area contributed by atoms with E-state index in [0.717, 1.165) is 16.2 Å². The largest absolute Gasteiger partial charge is 1.00 e. The first-order chi connectivity index (χ1) is 7.65. The van der Waals surface area contributed by atoms with E-state index in [1.165, 1.54) is 11.8 Å². The molecule has 0 unspecified atom stereocenters. The number of carboxylic acids is 1. The van der Waals surface area contributed by atoms with Crippen LogP contribution in [0.2, 0.25) is 5.02 Å². The first-order valence-corrected chi connectivity index (χ1v) is 6.14. The third kappa shape index (κ3) is 4.24. The van der Waals surface area contributed by atoms with Crippen LogP contribution in [0.3, 0.4) is 0 Å². The van der Waals surface area contributed by atoms with Gasteiger partial charge in [-0.25, -0.2) is 0 Å². The van der Waals surface area contributed by atoms with Gasteiger partial charge in [-0.3, -0.25) is 0 Å². The summed E-state index contributed by atoms with van der Waals surface area (Å²) < 4.78 is 0.557. The summed E-state index contributed by atoms with van der Waals surface area (Å²) >= 11 is 8.06. The van der Waals surface area contributed by atoms with Crippen LogP contribution in [-0.2, 0) is 0 Å². The number of carbonyl (C=O) groups is 1. The molecule has 0 saturated heterocycles.